The lowest BCUT2D eigenvalue weighted by atomic mass is 9.99. The van der Waals surface area contributed by atoms with Crippen molar-refractivity contribution in [1.29, 1.82) is 0 Å². The van der Waals surface area contributed by atoms with E-state index in [-0.39, 0.29) is 11.9 Å². The number of anilines is 1. The second-order valence-electron chi connectivity index (χ2n) is 5.89. The average Bonchev–Trinajstić information content (AvgIpc) is 2.52. The van der Waals surface area contributed by atoms with Crippen molar-refractivity contribution in [3.8, 4) is 5.88 Å². The highest BCUT2D eigenvalue weighted by Gasteiger charge is 2.28. The van der Waals surface area contributed by atoms with E-state index >= 15 is 0 Å². The Morgan fingerprint density at radius 2 is 2.25 bits per heavy atom. The standard InChI is InChI=1S/C15H21F3N4O2/c1-22-6-2-3-11(9-22)7-20-14(23)21-12-4-5-13(19-8-12)24-10-15(16,17)18/h4-5,8,11H,2-3,6-7,9-10H2,1H3,(H2,20,21,23). The van der Waals surface area contributed by atoms with E-state index in [9.17, 15) is 18.0 Å². The number of aromatic nitrogens is 1. The molecule has 6 nitrogen and oxygen atoms in total. The van der Waals surface area contributed by atoms with Crippen LogP contribution in [0.25, 0.3) is 0 Å². The molecule has 1 aromatic rings. The first kappa shape index (κ1) is 18.3. The van der Waals surface area contributed by atoms with E-state index in [2.05, 4.69) is 32.3 Å². The molecule has 1 aliphatic rings. The number of ether oxygens (including phenoxy) is 1. The second-order valence-corrected chi connectivity index (χ2v) is 5.89. The van der Waals surface area contributed by atoms with Gasteiger partial charge in [0, 0.05) is 19.2 Å². The van der Waals surface area contributed by atoms with Crippen LogP contribution in [0.15, 0.2) is 18.3 Å². The molecular weight excluding hydrogens is 325 g/mol. The fraction of sp³-hybridized carbons (Fsp3) is 0.600. The fourth-order valence-corrected chi connectivity index (χ4v) is 2.55. The molecule has 1 unspecified atom stereocenters. The number of likely N-dealkylation sites (tertiary alicyclic amines) is 1. The number of amides is 2. The summed E-state index contributed by atoms with van der Waals surface area (Å²) in [5.74, 6) is 0.272. The Bertz CT molecular complexity index is 537. The molecule has 134 valence electrons. The predicted molar refractivity (Wildman–Crippen MR) is 83.0 cm³/mol. The van der Waals surface area contributed by atoms with Crippen molar-refractivity contribution >= 4 is 11.7 Å². The van der Waals surface area contributed by atoms with E-state index in [1.165, 1.54) is 18.3 Å². The minimum Gasteiger partial charge on any atom is -0.468 e. The summed E-state index contributed by atoms with van der Waals surface area (Å²) in [5, 5.41) is 5.38. The van der Waals surface area contributed by atoms with Crippen LogP contribution < -0.4 is 15.4 Å². The summed E-state index contributed by atoms with van der Waals surface area (Å²) >= 11 is 0. The highest BCUT2D eigenvalue weighted by molar-refractivity contribution is 5.88. The zero-order chi connectivity index (χ0) is 17.6. The Hall–Kier alpha value is -2.03. The highest BCUT2D eigenvalue weighted by atomic mass is 19.4. The summed E-state index contributed by atoms with van der Waals surface area (Å²) < 4.78 is 40.6. The van der Waals surface area contributed by atoms with E-state index < -0.39 is 12.8 Å². The number of nitrogens with one attached hydrogen (secondary N) is 2. The van der Waals surface area contributed by atoms with Gasteiger partial charge in [0.15, 0.2) is 6.61 Å². The lowest BCUT2D eigenvalue weighted by Crippen LogP contribution is -2.40. The topological polar surface area (TPSA) is 66.5 Å². The molecule has 1 saturated heterocycles. The second kappa shape index (κ2) is 8.18. The molecule has 0 radical (unpaired) electrons. The van der Waals surface area contributed by atoms with Crippen LogP contribution in [0.2, 0.25) is 0 Å². The summed E-state index contributed by atoms with van der Waals surface area (Å²) in [4.78, 5) is 17.8. The number of hydrogen-bond donors (Lipinski definition) is 2. The number of carbonyl (C=O) groups excluding carboxylic acids is 1. The van der Waals surface area contributed by atoms with Gasteiger partial charge in [0.2, 0.25) is 5.88 Å². The van der Waals surface area contributed by atoms with Gasteiger partial charge in [-0.25, -0.2) is 9.78 Å². The number of pyridine rings is 1. The molecule has 2 amide bonds. The van der Waals surface area contributed by atoms with Gasteiger partial charge in [-0.2, -0.15) is 13.2 Å². The first-order chi connectivity index (χ1) is 11.3. The van der Waals surface area contributed by atoms with Gasteiger partial charge in [-0.3, -0.25) is 0 Å². The van der Waals surface area contributed by atoms with Gasteiger partial charge < -0.3 is 20.3 Å². The normalized spacial score (nSPS) is 18.9. The van der Waals surface area contributed by atoms with Crippen molar-refractivity contribution in [2.24, 2.45) is 5.92 Å². The van der Waals surface area contributed by atoms with Crippen LogP contribution in [0.4, 0.5) is 23.7 Å². The zero-order valence-electron chi connectivity index (χ0n) is 13.4. The molecular formula is C15H21F3N4O2. The van der Waals surface area contributed by atoms with Gasteiger partial charge in [-0.05, 0) is 38.4 Å². The van der Waals surface area contributed by atoms with Gasteiger partial charge in [-0.1, -0.05) is 0 Å². The number of halogens is 3. The first-order valence-corrected chi connectivity index (χ1v) is 7.71. The van der Waals surface area contributed by atoms with Crippen LogP contribution in [0, 0.1) is 5.92 Å². The summed E-state index contributed by atoms with van der Waals surface area (Å²) in [6, 6.07) is 2.35. The number of nitrogens with zero attached hydrogens (tertiary/aromatic N) is 2. The van der Waals surface area contributed by atoms with Crippen molar-refractivity contribution < 1.29 is 22.7 Å². The summed E-state index contributed by atoms with van der Waals surface area (Å²) in [5.41, 5.74) is 0.382. The van der Waals surface area contributed by atoms with Gasteiger partial charge in [0.05, 0.1) is 11.9 Å². The Balaban J connectivity index is 1.73. The third-order valence-electron chi connectivity index (χ3n) is 3.65. The molecule has 0 saturated carbocycles. The minimum absolute atomic E-state index is 0.150. The van der Waals surface area contributed by atoms with Crippen molar-refractivity contribution in [1.82, 2.24) is 15.2 Å². The lowest BCUT2D eigenvalue weighted by Gasteiger charge is -2.29. The SMILES string of the molecule is CN1CCCC(CNC(=O)Nc2ccc(OCC(F)(F)F)nc2)C1. The molecule has 0 bridgehead atoms. The molecule has 2 rings (SSSR count). The molecule has 9 heteroatoms. The lowest BCUT2D eigenvalue weighted by molar-refractivity contribution is -0.154. The van der Waals surface area contributed by atoms with Crippen molar-refractivity contribution in [2.45, 2.75) is 19.0 Å². The molecule has 1 fully saturated rings. The van der Waals surface area contributed by atoms with Crippen molar-refractivity contribution in [2.75, 3.05) is 38.6 Å². The van der Waals surface area contributed by atoms with Gasteiger partial charge in [0.25, 0.3) is 0 Å². The van der Waals surface area contributed by atoms with E-state index in [4.69, 9.17) is 0 Å². The van der Waals surface area contributed by atoms with Crippen LogP contribution in [-0.2, 0) is 0 Å². The molecule has 0 aromatic carbocycles. The van der Waals surface area contributed by atoms with Crippen LogP contribution in [-0.4, -0.2) is 55.4 Å². The Morgan fingerprint density at radius 3 is 2.88 bits per heavy atom. The molecule has 24 heavy (non-hydrogen) atoms. The summed E-state index contributed by atoms with van der Waals surface area (Å²) in [6.45, 7) is 1.21. The summed E-state index contributed by atoms with van der Waals surface area (Å²) in [7, 11) is 2.06. The van der Waals surface area contributed by atoms with Crippen molar-refractivity contribution in [3.63, 3.8) is 0 Å². The van der Waals surface area contributed by atoms with Gasteiger partial charge in [0.1, 0.15) is 0 Å². The van der Waals surface area contributed by atoms with Crippen LogP contribution in [0.3, 0.4) is 0 Å². The van der Waals surface area contributed by atoms with E-state index in [1.807, 2.05) is 0 Å². The minimum atomic E-state index is -4.41. The summed E-state index contributed by atoms with van der Waals surface area (Å²) in [6.07, 6.45) is -0.962. The molecule has 1 aliphatic heterocycles. The quantitative estimate of drug-likeness (QED) is 0.860. The molecule has 1 aromatic heterocycles. The third-order valence-corrected chi connectivity index (χ3v) is 3.65. The zero-order valence-corrected chi connectivity index (χ0v) is 13.4. The maximum absolute atomic E-state index is 12.0. The van der Waals surface area contributed by atoms with Crippen LogP contribution in [0.5, 0.6) is 5.88 Å². The maximum Gasteiger partial charge on any atom is 0.422 e. The van der Waals surface area contributed by atoms with E-state index in [0.29, 0.717) is 18.2 Å². The number of alkyl halides is 3. The van der Waals surface area contributed by atoms with Crippen LogP contribution in [0.1, 0.15) is 12.8 Å². The number of piperidine rings is 1. The Kier molecular flexibility index (Phi) is 6.24. The molecule has 0 spiro atoms. The van der Waals surface area contributed by atoms with Gasteiger partial charge >= 0.3 is 12.2 Å². The van der Waals surface area contributed by atoms with E-state index in [1.54, 1.807) is 0 Å². The smallest absolute Gasteiger partial charge is 0.422 e. The molecule has 0 aliphatic carbocycles. The largest absolute Gasteiger partial charge is 0.468 e. The Labute approximate surface area is 138 Å². The molecule has 1 atom stereocenters. The Morgan fingerprint density at radius 1 is 1.46 bits per heavy atom. The maximum atomic E-state index is 12.0. The van der Waals surface area contributed by atoms with E-state index in [0.717, 1.165) is 25.9 Å². The number of urea groups is 1. The van der Waals surface area contributed by atoms with Crippen molar-refractivity contribution in [3.05, 3.63) is 18.3 Å². The number of hydrogen-bond acceptors (Lipinski definition) is 4. The third kappa shape index (κ3) is 6.61. The highest BCUT2D eigenvalue weighted by Crippen LogP contribution is 2.18. The first-order valence-electron chi connectivity index (χ1n) is 7.71. The van der Waals surface area contributed by atoms with Gasteiger partial charge in [-0.15, -0.1) is 0 Å². The number of rotatable bonds is 5. The monoisotopic (exact) mass is 346 g/mol. The average molecular weight is 346 g/mol. The predicted octanol–water partition coefficient (Wildman–Crippen LogP) is 2.49. The molecule has 2 heterocycles. The molecule has 2 N–H and O–H groups in total. The van der Waals surface area contributed by atoms with Crippen LogP contribution >= 0.6 is 0 Å². The fourth-order valence-electron chi connectivity index (χ4n) is 2.55. The number of carbonyl (C=O) groups is 1.